The third-order valence-electron chi connectivity index (χ3n) is 16.0. The molecule has 1 aromatic carbocycles. The zero-order valence-corrected chi connectivity index (χ0v) is 40.2. The number of methoxy groups -OCH3 is 3. The van der Waals surface area contributed by atoms with E-state index in [9.17, 15) is 4.79 Å². The molecule has 2 N–H and O–H groups in total. The molecular formula is C50H75FN4O10. The first-order valence-corrected chi connectivity index (χ1v) is 24.3. The average molecular weight is 911 g/mol. The van der Waals surface area contributed by atoms with Gasteiger partial charge in [0.25, 0.3) is 0 Å². The van der Waals surface area contributed by atoms with Crippen molar-refractivity contribution in [3.8, 4) is 0 Å². The minimum atomic E-state index is -1.43. The van der Waals surface area contributed by atoms with Crippen molar-refractivity contribution in [2.75, 3.05) is 35.4 Å². The Kier molecular flexibility index (Phi) is 15.4. The molecule has 8 rings (SSSR count). The smallest absolute Gasteiger partial charge is 0.306 e. The van der Waals surface area contributed by atoms with Gasteiger partial charge in [-0.15, -0.1) is 5.53 Å². The number of hydrazine groups is 2. The number of ether oxygens (including phenoxy) is 8. The summed E-state index contributed by atoms with van der Waals surface area (Å²) in [6.07, 6.45) is 3.95. The molecule has 362 valence electrons. The van der Waals surface area contributed by atoms with Crippen molar-refractivity contribution in [3.63, 3.8) is 0 Å². The molecule has 0 bridgehead atoms. The fraction of sp³-hybridized carbons (Fsp3) is 0.760. The largest absolute Gasteiger partial charge is 0.462 e. The van der Waals surface area contributed by atoms with Crippen LogP contribution in [0.25, 0.3) is 5.70 Å². The molecule has 0 spiro atoms. The predicted octanol–water partition coefficient (Wildman–Crippen LogP) is 6.27. The van der Waals surface area contributed by atoms with Crippen LogP contribution in [0.2, 0.25) is 0 Å². The molecule has 14 nitrogen and oxygen atoms in total. The van der Waals surface area contributed by atoms with E-state index in [0.29, 0.717) is 37.7 Å². The number of nitrogens with one attached hydrogen (secondary N) is 2. The number of hydrogen-bond acceptors (Lipinski definition) is 14. The van der Waals surface area contributed by atoms with Crippen molar-refractivity contribution in [2.45, 2.75) is 172 Å². The summed E-state index contributed by atoms with van der Waals surface area (Å²) in [5, 5.41) is 1.87. The molecule has 2 saturated carbocycles. The fourth-order valence-electron chi connectivity index (χ4n) is 12.7. The Balaban J connectivity index is 1.13. The number of alkyl halides is 1. The van der Waals surface area contributed by atoms with Gasteiger partial charge in [-0.3, -0.25) is 14.6 Å². The highest BCUT2D eigenvalue weighted by molar-refractivity contribution is 5.99. The summed E-state index contributed by atoms with van der Waals surface area (Å²) >= 11 is 0. The second-order valence-electron chi connectivity index (χ2n) is 20.1. The molecule has 3 saturated heterocycles. The molecule has 15 heteroatoms. The van der Waals surface area contributed by atoms with Crippen LogP contribution < -0.4 is 11.0 Å². The average Bonchev–Trinajstić information content (AvgIpc) is 4.03. The van der Waals surface area contributed by atoms with Crippen LogP contribution in [0, 0.1) is 42.4 Å². The maximum absolute atomic E-state index is 18.4. The molecule has 4 aliphatic heterocycles. The van der Waals surface area contributed by atoms with Gasteiger partial charge in [-0.25, -0.2) is 4.39 Å². The summed E-state index contributed by atoms with van der Waals surface area (Å²) in [6.45, 7) is 10.0. The quantitative estimate of drug-likeness (QED) is 0.241. The number of carbonyl (C=O) groups excluding carboxylic acids is 2. The van der Waals surface area contributed by atoms with Gasteiger partial charge in [0.2, 0.25) is 0 Å². The Morgan fingerprint density at radius 2 is 1.66 bits per heavy atom. The van der Waals surface area contributed by atoms with Crippen molar-refractivity contribution >= 4 is 17.4 Å². The Morgan fingerprint density at radius 3 is 2.35 bits per heavy atom. The van der Waals surface area contributed by atoms with Gasteiger partial charge in [0.15, 0.2) is 18.4 Å². The number of esters is 1. The summed E-state index contributed by atoms with van der Waals surface area (Å²) in [4.78, 5) is 31.4. The summed E-state index contributed by atoms with van der Waals surface area (Å²) in [6, 6.07) is 7.79. The molecule has 4 heterocycles. The number of nitrogens with zero attached hydrogens (tertiary/aromatic N) is 2. The number of carbonyl (C=O) groups is 2. The molecule has 0 radical (unpaired) electrons. The van der Waals surface area contributed by atoms with Gasteiger partial charge in [0.1, 0.15) is 30.6 Å². The minimum absolute atomic E-state index is 0.0308. The van der Waals surface area contributed by atoms with Gasteiger partial charge in [-0.2, -0.15) is 0 Å². The molecule has 7 aliphatic rings. The number of rotatable bonds is 11. The number of aryl methyl sites for hydroxylation is 1. The summed E-state index contributed by atoms with van der Waals surface area (Å²) in [5.41, 5.74) is 10.1. The summed E-state index contributed by atoms with van der Waals surface area (Å²) in [7, 11) is 9.02. The Morgan fingerprint density at radius 1 is 0.908 bits per heavy atom. The van der Waals surface area contributed by atoms with E-state index < -0.39 is 60.9 Å². The van der Waals surface area contributed by atoms with Crippen LogP contribution in [0.15, 0.2) is 42.1 Å². The van der Waals surface area contributed by atoms with Crippen LogP contribution in [0.1, 0.15) is 96.6 Å². The minimum Gasteiger partial charge on any atom is -0.462 e. The van der Waals surface area contributed by atoms with E-state index in [1.165, 1.54) is 0 Å². The van der Waals surface area contributed by atoms with Crippen LogP contribution in [-0.2, 0) is 47.5 Å². The van der Waals surface area contributed by atoms with Crippen LogP contribution in [0.3, 0.4) is 0 Å². The first kappa shape index (κ1) is 48.5. The molecule has 65 heavy (non-hydrogen) atoms. The number of Topliss-reactive ketones (excluding diaryl/α,β-unsaturated/α-hetero) is 1. The molecule has 0 amide bonds. The number of cyclic esters (lactones) is 1. The lowest BCUT2D eigenvalue weighted by Gasteiger charge is -2.48. The maximum atomic E-state index is 18.4. The van der Waals surface area contributed by atoms with Gasteiger partial charge in [-0.05, 0) is 116 Å². The normalized spacial score (nSPS) is 42.5. The maximum Gasteiger partial charge on any atom is 0.306 e. The van der Waals surface area contributed by atoms with Gasteiger partial charge in [-0.1, -0.05) is 43.7 Å². The first-order chi connectivity index (χ1) is 31.2. The lowest BCUT2D eigenvalue weighted by atomic mass is 9.63. The number of hydrogen-bond donors (Lipinski definition) is 2. The number of likely N-dealkylation sites (N-methyl/N-ethyl adjacent to an activating group) is 1. The second-order valence-corrected chi connectivity index (χ2v) is 20.1. The van der Waals surface area contributed by atoms with Gasteiger partial charge >= 0.3 is 5.97 Å². The van der Waals surface area contributed by atoms with Crippen LogP contribution >= 0.6 is 0 Å². The highest BCUT2D eigenvalue weighted by Gasteiger charge is 2.62. The predicted molar refractivity (Wildman–Crippen MR) is 241 cm³/mol. The zero-order chi connectivity index (χ0) is 46.3. The molecule has 5 fully saturated rings. The van der Waals surface area contributed by atoms with Crippen LogP contribution in [0.5, 0.6) is 0 Å². The second kappa shape index (κ2) is 20.7. The van der Waals surface area contributed by atoms with Crippen molar-refractivity contribution in [3.05, 3.63) is 53.2 Å². The Bertz CT molecular complexity index is 1890. The van der Waals surface area contributed by atoms with E-state index in [2.05, 4.69) is 42.9 Å². The standard InChI is InChI=1S/C50H75FN4O10/c1-11-31-16-13-17-40(65-42-19-18-39(54(6)7)28(4)61-42)27(3)46(57)37-23-34-33-21-32(64-50-49(60-10)48(59-9)47(58-8)29(5)62-50)22-36(33)45(44(51)43(34)35(37)24-41(56)63-31)55-25-38(52-53-55)30-15-12-14-26(2)20-30/h12,14-15,20,23,25,27-29,31-36,39-40,42-45,47-50,52-53H,11,13,16-19,21-22,24H2,1-10H3/t27-,28?,29?,31+,32+,33+,34+,35-,36-,39+,40+,42+,43-,44?,45?,47+,48?,49+,50+/m1/s1. The third-order valence-corrected chi connectivity index (χ3v) is 16.0. The van der Waals surface area contributed by atoms with Crippen molar-refractivity contribution < 1.29 is 51.9 Å². The highest BCUT2D eigenvalue weighted by atomic mass is 19.1. The zero-order valence-electron chi connectivity index (χ0n) is 40.2. The monoisotopic (exact) mass is 911 g/mol. The van der Waals surface area contributed by atoms with E-state index >= 15 is 9.18 Å². The summed E-state index contributed by atoms with van der Waals surface area (Å²) < 4.78 is 68.7. The lowest BCUT2D eigenvalue weighted by Crippen LogP contribution is -2.59. The van der Waals surface area contributed by atoms with Crippen LogP contribution in [0.4, 0.5) is 4.39 Å². The number of halogens is 1. The van der Waals surface area contributed by atoms with Gasteiger partial charge in [0, 0.05) is 56.9 Å². The molecule has 1 aromatic rings. The van der Waals surface area contributed by atoms with Gasteiger partial charge < -0.3 is 48.2 Å². The third kappa shape index (κ3) is 9.83. The highest BCUT2D eigenvalue weighted by Crippen LogP contribution is 2.59. The summed E-state index contributed by atoms with van der Waals surface area (Å²) in [5.74, 6) is -2.98. The Hall–Kier alpha value is -2.99. The van der Waals surface area contributed by atoms with E-state index in [1.54, 1.807) is 21.3 Å². The molecule has 0 aromatic heterocycles. The van der Waals surface area contributed by atoms with Gasteiger partial charge in [0.05, 0.1) is 42.6 Å². The molecule has 5 unspecified atom stereocenters. The van der Waals surface area contributed by atoms with E-state index in [4.69, 9.17) is 37.9 Å². The van der Waals surface area contributed by atoms with Crippen molar-refractivity contribution in [1.82, 2.24) is 20.9 Å². The number of benzene rings is 1. The van der Waals surface area contributed by atoms with E-state index in [0.717, 1.165) is 36.1 Å². The van der Waals surface area contributed by atoms with E-state index in [1.807, 2.05) is 63.2 Å². The fourth-order valence-corrected chi connectivity index (χ4v) is 12.7. The first-order valence-electron chi connectivity index (χ1n) is 24.3. The number of ketones is 1. The molecular weight excluding hydrogens is 836 g/mol. The number of allylic oxidation sites excluding steroid dienone is 2. The van der Waals surface area contributed by atoms with Crippen molar-refractivity contribution in [2.24, 2.45) is 35.5 Å². The molecule has 3 aliphatic carbocycles. The Labute approximate surface area is 385 Å². The molecule has 19 atom stereocenters. The van der Waals surface area contributed by atoms with E-state index in [-0.39, 0.29) is 72.5 Å². The SMILES string of the molecule is CC[C@H]1CCC[C@H](O[C@H]2CC[C@H](N(C)C)C(C)O2)[C@@H](C)C(=O)C2=C[C@H]3[C@@H]4C[C@H](O[C@@H]5OC(C)[C@H](OC)C(OC)[C@@H]5OC)C[C@H]4C(N4C=C(c5cccc(C)c5)NN4)C(F)[C@H]3[C@@H]2CC(=O)O1. The lowest BCUT2D eigenvalue weighted by molar-refractivity contribution is -0.314. The van der Waals surface area contributed by atoms with Crippen LogP contribution in [-0.4, -0.2) is 137 Å². The number of fused-ring (bicyclic) bond motifs is 5. The topological polar surface area (TPSA) is 139 Å². The van der Waals surface area contributed by atoms with Crippen molar-refractivity contribution in [1.29, 1.82) is 0 Å².